The van der Waals surface area contributed by atoms with E-state index in [0.717, 1.165) is 12.1 Å². The van der Waals surface area contributed by atoms with Crippen molar-refractivity contribution in [3.63, 3.8) is 0 Å². The van der Waals surface area contributed by atoms with Crippen molar-refractivity contribution < 1.29 is 36.6 Å². The van der Waals surface area contributed by atoms with E-state index in [1.165, 1.54) is 30.3 Å². The van der Waals surface area contributed by atoms with E-state index in [1.807, 2.05) is 0 Å². The second kappa shape index (κ2) is 9.57. The summed E-state index contributed by atoms with van der Waals surface area (Å²) in [5, 5.41) is 9.14. The number of nitrogens with zero attached hydrogens (tertiary/aromatic N) is 1. The zero-order valence-electron chi connectivity index (χ0n) is 18.4. The predicted octanol–water partition coefficient (Wildman–Crippen LogP) is 4.70. The molecule has 2 aromatic rings. The van der Waals surface area contributed by atoms with Crippen LogP contribution in [0.25, 0.3) is 0 Å². The molecule has 34 heavy (non-hydrogen) atoms. The molecule has 1 atom stereocenters. The summed E-state index contributed by atoms with van der Waals surface area (Å²) < 4.78 is 59.4. The summed E-state index contributed by atoms with van der Waals surface area (Å²) in [6, 6.07) is 7.06. The van der Waals surface area contributed by atoms with Crippen molar-refractivity contribution in [2.24, 2.45) is 5.10 Å². The van der Waals surface area contributed by atoms with Gasteiger partial charge in [0.1, 0.15) is 17.2 Å². The van der Waals surface area contributed by atoms with Gasteiger partial charge in [0.2, 0.25) is 0 Å². The Morgan fingerprint density at radius 1 is 1.06 bits per heavy atom. The van der Waals surface area contributed by atoms with Crippen LogP contribution in [0.5, 0.6) is 5.75 Å². The third-order valence-electron chi connectivity index (χ3n) is 4.41. The van der Waals surface area contributed by atoms with E-state index in [2.05, 4.69) is 25.9 Å². The van der Waals surface area contributed by atoms with Gasteiger partial charge < -0.3 is 20.1 Å². The Morgan fingerprint density at radius 2 is 1.74 bits per heavy atom. The lowest BCUT2D eigenvalue weighted by Gasteiger charge is -2.22. The van der Waals surface area contributed by atoms with Gasteiger partial charge in [0.15, 0.2) is 0 Å². The van der Waals surface area contributed by atoms with Crippen LogP contribution < -0.4 is 20.8 Å². The Labute approximate surface area is 192 Å². The predicted molar refractivity (Wildman–Crippen MR) is 115 cm³/mol. The first-order chi connectivity index (χ1) is 15.8. The maximum atomic E-state index is 13.7. The second-order valence-corrected chi connectivity index (χ2v) is 8.34. The quantitative estimate of drug-likeness (QED) is 0.434. The molecular formula is C22H22F4N4O4. The SMILES string of the molecule is CC(C)(C)OC(=O)NC1Cc2cc(F)ccc2/C1=N\NC(=O)Nc1ccc(OC(F)(F)F)cc1. The number of carbonyl (C=O) groups is 2. The third-order valence-corrected chi connectivity index (χ3v) is 4.41. The molecule has 0 radical (unpaired) electrons. The highest BCUT2D eigenvalue weighted by Gasteiger charge is 2.32. The third kappa shape index (κ3) is 7.09. The number of hydrogen-bond donors (Lipinski definition) is 3. The number of fused-ring (bicyclic) bond motifs is 1. The fraction of sp³-hybridized carbons (Fsp3) is 0.318. The van der Waals surface area contributed by atoms with Gasteiger partial charge in [-0.2, -0.15) is 5.10 Å². The van der Waals surface area contributed by atoms with Crippen molar-refractivity contribution >= 4 is 23.5 Å². The zero-order valence-corrected chi connectivity index (χ0v) is 18.4. The number of rotatable bonds is 4. The summed E-state index contributed by atoms with van der Waals surface area (Å²) in [6.07, 6.45) is -5.30. The molecule has 1 aliphatic carbocycles. The number of alkyl halides is 3. The van der Waals surface area contributed by atoms with Gasteiger partial charge in [0.25, 0.3) is 0 Å². The number of nitrogens with one attached hydrogen (secondary N) is 3. The van der Waals surface area contributed by atoms with Crippen molar-refractivity contribution in [1.29, 1.82) is 0 Å². The van der Waals surface area contributed by atoms with Gasteiger partial charge in [0.05, 0.1) is 11.8 Å². The van der Waals surface area contributed by atoms with E-state index in [9.17, 15) is 27.2 Å². The van der Waals surface area contributed by atoms with Crippen molar-refractivity contribution in [3.8, 4) is 5.75 Å². The average Bonchev–Trinajstić information content (AvgIpc) is 3.01. The minimum absolute atomic E-state index is 0.185. The molecule has 0 aliphatic heterocycles. The molecule has 0 bridgehead atoms. The molecule has 1 unspecified atom stereocenters. The molecule has 0 heterocycles. The van der Waals surface area contributed by atoms with Crippen LogP contribution in [0.2, 0.25) is 0 Å². The van der Waals surface area contributed by atoms with Gasteiger partial charge in [-0.25, -0.2) is 19.4 Å². The van der Waals surface area contributed by atoms with Gasteiger partial charge in [-0.15, -0.1) is 13.2 Å². The number of benzene rings is 2. The number of carbonyl (C=O) groups excluding carboxylic acids is 2. The number of urea groups is 1. The highest BCUT2D eigenvalue weighted by Crippen LogP contribution is 2.25. The lowest BCUT2D eigenvalue weighted by atomic mass is 10.1. The maximum Gasteiger partial charge on any atom is 0.573 e. The molecule has 2 aromatic carbocycles. The van der Waals surface area contributed by atoms with Gasteiger partial charge in [0, 0.05) is 11.3 Å². The van der Waals surface area contributed by atoms with Gasteiger partial charge >= 0.3 is 18.5 Å². The summed E-state index contributed by atoms with van der Waals surface area (Å²) in [5.74, 6) is -0.899. The van der Waals surface area contributed by atoms with Gasteiger partial charge in [-0.1, -0.05) is 0 Å². The average molecular weight is 482 g/mol. The number of anilines is 1. The van der Waals surface area contributed by atoms with Crippen LogP contribution in [0.3, 0.4) is 0 Å². The van der Waals surface area contributed by atoms with E-state index < -0.39 is 41.7 Å². The fourth-order valence-electron chi connectivity index (χ4n) is 3.20. The van der Waals surface area contributed by atoms with Crippen LogP contribution in [0.15, 0.2) is 47.6 Å². The molecule has 182 valence electrons. The first-order valence-corrected chi connectivity index (χ1v) is 10.1. The Bertz CT molecular complexity index is 1100. The second-order valence-electron chi connectivity index (χ2n) is 8.34. The van der Waals surface area contributed by atoms with E-state index in [-0.39, 0.29) is 17.8 Å². The fourth-order valence-corrected chi connectivity index (χ4v) is 3.20. The monoisotopic (exact) mass is 482 g/mol. The van der Waals surface area contributed by atoms with Crippen molar-refractivity contribution in [1.82, 2.24) is 10.7 Å². The molecule has 0 saturated heterocycles. The molecule has 8 nitrogen and oxygen atoms in total. The van der Waals surface area contributed by atoms with Gasteiger partial charge in [-0.3, -0.25) is 0 Å². The normalized spacial score (nSPS) is 16.6. The van der Waals surface area contributed by atoms with Gasteiger partial charge in [-0.05, 0) is 75.2 Å². The number of hydrogen-bond acceptors (Lipinski definition) is 5. The summed E-state index contributed by atoms with van der Waals surface area (Å²) >= 11 is 0. The summed E-state index contributed by atoms with van der Waals surface area (Å²) in [7, 11) is 0. The Morgan fingerprint density at radius 3 is 2.35 bits per heavy atom. The maximum absolute atomic E-state index is 13.7. The molecule has 12 heteroatoms. The number of amides is 3. The Kier molecular flexibility index (Phi) is 6.99. The number of ether oxygens (including phenoxy) is 2. The molecular weight excluding hydrogens is 460 g/mol. The van der Waals surface area contributed by atoms with Crippen molar-refractivity contribution in [3.05, 3.63) is 59.4 Å². The van der Waals surface area contributed by atoms with Crippen LogP contribution in [0.4, 0.5) is 32.8 Å². The highest BCUT2D eigenvalue weighted by atomic mass is 19.4. The molecule has 3 amide bonds. The smallest absolute Gasteiger partial charge is 0.444 e. The van der Waals surface area contributed by atoms with E-state index in [0.29, 0.717) is 11.1 Å². The molecule has 0 fully saturated rings. The molecule has 3 N–H and O–H groups in total. The van der Waals surface area contributed by atoms with Crippen LogP contribution in [-0.2, 0) is 11.2 Å². The standard InChI is InChI=1S/C22H22F4N4O4/c1-21(2,3)34-20(32)28-17-11-12-10-13(23)4-9-16(12)18(17)29-30-19(31)27-14-5-7-15(8-6-14)33-22(24,25)26/h4-10,17H,11H2,1-3H3,(H,28,32)(H2,27,30,31)/b29-18+. The highest BCUT2D eigenvalue weighted by molar-refractivity contribution is 6.10. The largest absolute Gasteiger partial charge is 0.573 e. The molecule has 0 saturated carbocycles. The van der Waals surface area contributed by atoms with E-state index in [4.69, 9.17) is 4.74 Å². The number of alkyl carbamates (subject to hydrolysis) is 1. The first-order valence-electron chi connectivity index (χ1n) is 10.1. The number of hydrazone groups is 1. The number of halogens is 4. The topological polar surface area (TPSA) is 101 Å². The van der Waals surface area contributed by atoms with Crippen LogP contribution in [0.1, 0.15) is 31.9 Å². The molecule has 0 spiro atoms. The summed E-state index contributed by atoms with van der Waals surface area (Å²) in [4.78, 5) is 24.5. The molecule has 0 aromatic heterocycles. The van der Waals surface area contributed by atoms with Crippen molar-refractivity contribution in [2.75, 3.05) is 5.32 Å². The lowest BCUT2D eigenvalue weighted by molar-refractivity contribution is -0.274. The Hall–Kier alpha value is -3.83. The first kappa shape index (κ1) is 24.8. The summed E-state index contributed by atoms with van der Waals surface area (Å²) in [6.45, 7) is 5.11. The van der Waals surface area contributed by atoms with Crippen LogP contribution >= 0.6 is 0 Å². The summed E-state index contributed by atoms with van der Waals surface area (Å²) in [5.41, 5.74) is 3.13. The van der Waals surface area contributed by atoms with E-state index >= 15 is 0 Å². The molecule has 1 aliphatic rings. The zero-order chi connectivity index (χ0) is 25.1. The molecule has 3 rings (SSSR count). The minimum atomic E-state index is -4.83. The lowest BCUT2D eigenvalue weighted by Crippen LogP contribution is -2.43. The minimum Gasteiger partial charge on any atom is -0.444 e. The Balaban J connectivity index is 1.70. The van der Waals surface area contributed by atoms with Crippen molar-refractivity contribution in [2.45, 2.75) is 45.2 Å². The van der Waals surface area contributed by atoms with Crippen LogP contribution in [-0.4, -0.2) is 35.8 Å². The van der Waals surface area contributed by atoms with E-state index in [1.54, 1.807) is 20.8 Å². The van der Waals surface area contributed by atoms with Crippen LogP contribution in [0, 0.1) is 5.82 Å².